The number of rotatable bonds is 5. The van der Waals surface area contributed by atoms with Crippen LogP contribution in [0.15, 0.2) is 42.9 Å². The molecule has 3 aromatic rings. The Labute approximate surface area is 208 Å². The zero-order valence-corrected chi connectivity index (χ0v) is 20.3. The maximum atomic E-state index is 12.9. The molecule has 0 aliphatic carbocycles. The van der Waals surface area contributed by atoms with Crippen LogP contribution >= 0.6 is 0 Å². The minimum Gasteiger partial charge on any atom is -0.369 e. The van der Waals surface area contributed by atoms with Gasteiger partial charge in [-0.05, 0) is 48.7 Å². The van der Waals surface area contributed by atoms with E-state index in [0.29, 0.717) is 5.52 Å². The lowest BCUT2D eigenvalue weighted by molar-refractivity contribution is -0.127. The summed E-state index contributed by atoms with van der Waals surface area (Å²) in [6, 6.07) is 10.6. The summed E-state index contributed by atoms with van der Waals surface area (Å²) in [5.74, 6) is 0.734. The average Bonchev–Trinajstić information content (AvgIpc) is 3.57. The van der Waals surface area contributed by atoms with Crippen LogP contribution in [0.5, 0.6) is 0 Å². The van der Waals surface area contributed by atoms with Crippen LogP contribution in [-0.2, 0) is 13.0 Å². The van der Waals surface area contributed by atoms with Crippen LogP contribution in [0.2, 0.25) is 0 Å². The number of piperazine rings is 1. The highest BCUT2D eigenvalue weighted by Crippen LogP contribution is 2.42. The SMILES string of the molecule is FC(F)(F)Cc1cc2c(N3CCC4(CCN(Cc5ccc(N6CCNCC6)cc5)C4)C3)ncnn2c1. The van der Waals surface area contributed by atoms with Gasteiger partial charge in [-0.1, -0.05) is 12.1 Å². The molecule has 5 heterocycles. The van der Waals surface area contributed by atoms with E-state index in [-0.39, 0.29) is 11.0 Å². The molecule has 192 valence electrons. The highest BCUT2D eigenvalue weighted by atomic mass is 19.4. The lowest BCUT2D eigenvalue weighted by atomic mass is 9.86. The van der Waals surface area contributed by atoms with Gasteiger partial charge in [0.1, 0.15) is 11.8 Å². The molecule has 6 rings (SSSR count). The van der Waals surface area contributed by atoms with Crippen LogP contribution in [-0.4, -0.2) is 78.0 Å². The van der Waals surface area contributed by atoms with Crippen LogP contribution in [0.1, 0.15) is 24.0 Å². The van der Waals surface area contributed by atoms with E-state index in [2.05, 4.69) is 54.4 Å². The molecule has 3 aliphatic heterocycles. The molecular weight excluding hydrogens is 467 g/mol. The number of hydrogen-bond donors (Lipinski definition) is 1. The van der Waals surface area contributed by atoms with Crippen molar-refractivity contribution in [3.8, 4) is 0 Å². The topological polar surface area (TPSA) is 51.9 Å². The minimum atomic E-state index is -4.24. The van der Waals surface area contributed by atoms with Gasteiger partial charge in [-0.2, -0.15) is 18.3 Å². The normalized spacial score (nSPS) is 23.4. The van der Waals surface area contributed by atoms with E-state index in [1.54, 1.807) is 6.07 Å². The molecule has 1 atom stereocenters. The Balaban J connectivity index is 1.10. The summed E-state index contributed by atoms with van der Waals surface area (Å²) in [5, 5.41) is 7.54. The summed E-state index contributed by atoms with van der Waals surface area (Å²) in [4.78, 5) is 11.7. The molecule has 0 radical (unpaired) electrons. The number of anilines is 2. The molecule has 0 saturated carbocycles. The van der Waals surface area contributed by atoms with Crippen molar-refractivity contribution < 1.29 is 13.2 Å². The molecule has 1 aromatic carbocycles. The van der Waals surface area contributed by atoms with Gasteiger partial charge in [0.05, 0.1) is 6.42 Å². The van der Waals surface area contributed by atoms with Gasteiger partial charge in [0, 0.05) is 69.7 Å². The van der Waals surface area contributed by atoms with Crippen molar-refractivity contribution in [1.82, 2.24) is 24.8 Å². The fraction of sp³-hybridized carbons (Fsp3) is 0.538. The van der Waals surface area contributed by atoms with Gasteiger partial charge >= 0.3 is 6.18 Å². The van der Waals surface area contributed by atoms with Crippen LogP contribution in [0.4, 0.5) is 24.7 Å². The van der Waals surface area contributed by atoms with Crippen LogP contribution < -0.4 is 15.1 Å². The van der Waals surface area contributed by atoms with E-state index in [1.807, 2.05) is 0 Å². The average molecular weight is 500 g/mol. The lowest BCUT2D eigenvalue weighted by Crippen LogP contribution is -2.43. The van der Waals surface area contributed by atoms with Crippen molar-refractivity contribution in [2.24, 2.45) is 5.41 Å². The third kappa shape index (κ3) is 4.88. The van der Waals surface area contributed by atoms with Gasteiger partial charge in [-0.25, -0.2) is 9.50 Å². The molecule has 3 fully saturated rings. The smallest absolute Gasteiger partial charge is 0.369 e. The number of halogens is 3. The van der Waals surface area contributed by atoms with E-state index < -0.39 is 12.6 Å². The molecule has 0 bridgehead atoms. The van der Waals surface area contributed by atoms with Gasteiger partial charge in [0.25, 0.3) is 0 Å². The Morgan fingerprint density at radius 3 is 2.47 bits per heavy atom. The summed E-state index contributed by atoms with van der Waals surface area (Å²) in [5.41, 5.74) is 3.69. The molecule has 3 saturated heterocycles. The molecule has 7 nitrogen and oxygen atoms in total. The van der Waals surface area contributed by atoms with Gasteiger partial charge in [0.15, 0.2) is 5.82 Å². The highest BCUT2D eigenvalue weighted by Gasteiger charge is 2.44. The second-order valence-corrected chi connectivity index (χ2v) is 10.6. The lowest BCUT2D eigenvalue weighted by Gasteiger charge is -2.29. The van der Waals surface area contributed by atoms with Gasteiger partial charge < -0.3 is 15.1 Å². The number of hydrogen-bond acceptors (Lipinski definition) is 6. The Morgan fingerprint density at radius 2 is 1.69 bits per heavy atom. The van der Waals surface area contributed by atoms with Crippen LogP contribution in [0.25, 0.3) is 5.52 Å². The van der Waals surface area contributed by atoms with Crippen molar-refractivity contribution >= 4 is 17.0 Å². The van der Waals surface area contributed by atoms with Gasteiger partial charge in [0.2, 0.25) is 0 Å². The fourth-order valence-corrected chi connectivity index (χ4v) is 6.15. The third-order valence-corrected chi connectivity index (χ3v) is 7.93. The molecule has 10 heteroatoms. The predicted molar refractivity (Wildman–Crippen MR) is 133 cm³/mol. The number of likely N-dealkylation sites (tertiary alicyclic amines) is 1. The van der Waals surface area contributed by atoms with E-state index in [0.717, 1.165) is 77.6 Å². The van der Waals surface area contributed by atoms with Crippen LogP contribution in [0.3, 0.4) is 0 Å². The van der Waals surface area contributed by atoms with Crippen molar-refractivity contribution in [1.29, 1.82) is 0 Å². The van der Waals surface area contributed by atoms with Crippen molar-refractivity contribution in [3.05, 3.63) is 54.0 Å². The monoisotopic (exact) mass is 499 g/mol. The standard InChI is InChI=1S/C26H32F3N7/c27-26(28,29)14-21-13-23-24(31-19-32-36(23)16-21)35-10-6-25(18-35)5-9-33(17-25)15-20-1-3-22(4-2-20)34-11-7-30-8-12-34/h1-4,13,16,19,30H,5-12,14-15,17-18H2. The maximum absolute atomic E-state index is 12.9. The zero-order chi connectivity index (χ0) is 24.8. The predicted octanol–water partition coefficient (Wildman–Crippen LogP) is 3.35. The summed E-state index contributed by atoms with van der Waals surface area (Å²) in [6.45, 7) is 8.95. The van der Waals surface area contributed by atoms with E-state index in [9.17, 15) is 13.2 Å². The second kappa shape index (κ2) is 9.23. The number of alkyl halides is 3. The number of aromatic nitrogens is 3. The van der Waals surface area contributed by atoms with Crippen LogP contribution in [0, 0.1) is 5.41 Å². The number of nitrogens with one attached hydrogen (secondary N) is 1. The first kappa shape index (κ1) is 23.5. The quantitative estimate of drug-likeness (QED) is 0.581. The molecule has 1 spiro atoms. The molecule has 1 N–H and O–H groups in total. The molecule has 36 heavy (non-hydrogen) atoms. The molecule has 2 aromatic heterocycles. The summed E-state index contributed by atoms with van der Waals surface area (Å²) in [6.07, 6.45) is -0.0954. The van der Waals surface area contributed by atoms with E-state index >= 15 is 0 Å². The highest BCUT2D eigenvalue weighted by molar-refractivity contribution is 5.70. The Kier molecular flexibility index (Phi) is 6.03. The summed E-state index contributed by atoms with van der Waals surface area (Å²) in [7, 11) is 0. The minimum absolute atomic E-state index is 0.198. The summed E-state index contributed by atoms with van der Waals surface area (Å²) >= 11 is 0. The first-order valence-electron chi connectivity index (χ1n) is 12.8. The van der Waals surface area contributed by atoms with Crippen molar-refractivity contribution in [2.75, 3.05) is 62.2 Å². The number of nitrogens with zero attached hydrogens (tertiary/aromatic N) is 6. The summed E-state index contributed by atoms with van der Waals surface area (Å²) < 4.78 is 40.2. The molecule has 0 amide bonds. The van der Waals surface area contributed by atoms with Gasteiger partial charge in [-0.15, -0.1) is 0 Å². The first-order valence-corrected chi connectivity index (χ1v) is 12.8. The Hall–Kier alpha value is -2.85. The molecule has 3 aliphatic rings. The van der Waals surface area contributed by atoms with E-state index in [4.69, 9.17) is 0 Å². The third-order valence-electron chi connectivity index (χ3n) is 7.93. The Bertz CT molecular complexity index is 1200. The largest absolute Gasteiger partial charge is 0.393 e. The second-order valence-electron chi connectivity index (χ2n) is 10.6. The maximum Gasteiger partial charge on any atom is 0.393 e. The number of benzene rings is 1. The van der Waals surface area contributed by atoms with Crippen molar-refractivity contribution in [2.45, 2.75) is 32.0 Å². The zero-order valence-electron chi connectivity index (χ0n) is 20.3. The van der Waals surface area contributed by atoms with E-state index in [1.165, 1.54) is 28.3 Å². The molecular formula is C26H32F3N7. The number of fused-ring (bicyclic) bond motifs is 1. The first-order chi connectivity index (χ1) is 17.4. The van der Waals surface area contributed by atoms with Crippen molar-refractivity contribution in [3.63, 3.8) is 0 Å². The molecule has 1 unspecified atom stereocenters. The van der Waals surface area contributed by atoms with Gasteiger partial charge in [-0.3, -0.25) is 4.90 Å². The Morgan fingerprint density at radius 1 is 0.917 bits per heavy atom. The fourth-order valence-electron chi connectivity index (χ4n) is 6.15.